The van der Waals surface area contributed by atoms with Gasteiger partial charge >= 0.3 is 0 Å². The molecule has 0 bridgehead atoms. The number of fused-ring (bicyclic) bond motifs is 1. The van der Waals surface area contributed by atoms with Crippen molar-refractivity contribution in [2.24, 2.45) is 0 Å². The maximum atomic E-state index is 4.98. The van der Waals surface area contributed by atoms with E-state index in [0.29, 0.717) is 22.7 Å². The van der Waals surface area contributed by atoms with Crippen LogP contribution in [-0.4, -0.2) is 71.4 Å². The minimum atomic E-state index is 0.435. The molecule has 11 heteroatoms. The van der Waals surface area contributed by atoms with Gasteiger partial charge in [0.15, 0.2) is 10.7 Å². The van der Waals surface area contributed by atoms with Crippen LogP contribution in [0.4, 0.5) is 23.1 Å². The zero-order valence-corrected chi connectivity index (χ0v) is 18.4. The molecule has 164 valence electrons. The number of hydrogen-bond donors (Lipinski definition) is 3. The monoisotopic (exact) mass is 442 g/mol. The molecule has 0 radical (unpaired) electrons. The van der Waals surface area contributed by atoms with Crippen LogP contribution < -0.4 is 15.5 Å². The van der Waals surface area contributed by atoms with E-state index in [1.54, 1.807) is 0 Å². The lowest BCUT2D eigenvalue weighted by Crippen LogP contribution is -2.44. The molecular formula is C20H26N8O2S. The number of piperazine rings is 1. The first-order chi connectivity index (χ1) is 15.2. The van der Waals surface area contributed by atoms with E-state index in [1.807, 2.05) is 0 Å². The number of nitrogens with one attached hydrogen (secondary N) is 3. The lowest BCUT2D eigenvalue weighted by molar-refractivity contribution is -0.160. The molecule has 1 saturated carbocycles. The molecular weight excluding hydrogens is 416 g/mol. The topological polar surface area (TPSA) is 103 Å². The van der Waals surface area contributed by atoms with Gasteiger partial charge < -0.3 is 20.4 Å². The van der Waals surface area contributed by atoms with Crippen LogP contribution in [-0.2, 0) is 9.22 Å². The molecule has 0 atom stereocenters. The summed E-state index contributed by atoms with van der Waals surface area (Å²) in [7, 11) is 3.62. The SMILES string of the molecule is COOSc1n[nH]c2nc(Nc3ccc(N4CCN(C)CC4)cc3)nc(NC3CC3)c12. The van der Waals surface area contributed by atoms with Crippen molar-refractivity contribution < 1.29 is 9.22 Å². The van der Waals surface area contributed by atoms with Gasteiger partial charge in [0.1, 0.15) is 5.82 Å². The molecule has 3 heterocycles. The third kappa shape index (κ3) is 4.69. The molecule has 3 N–H and O–H groups in total. The van der Waals surface area contributed by atoms with Crippen LogP contribution in [0.3, 0.4) is 0 Å². The van der Waals surface area contributed by atoms with Gasteiger partial charge in [-0.15, -0.1) is 0 Å². The van der Waals surface area contributed by atoms with E-state index in [1.165, 1.54) is 12.8 Å². The van der Waals surface area contributed by atoms with E-state index in [9.17, 15) is 0 Å². The minimum absolute atomic E-state index is 0.435. The predicted octanol–water partition coefficient (Wildman–Crippen LogP) is 3.01. The number of hydrogen-bond acceptors (Lipinski definition) is 10. The van der Waals surface area contributed by atoms with Crippen molar-refractivity contribution in [3.63, 3.8) is 0 Å². The van der Waals surface area contributed by atoms with Crippen LogP contribution in [0.2, 0.25) is 0 Å². The van der Waals surface area contributed by atoms with Crippen molar-refractivity contribution in [2.75, 3.05) is 55.9 Å². The smallest absolute Gasteiger partial charge is 0.231 e. The van der Waals surface area contributed by atoms with E-state index in [2.05, 4.69) is 71.8 Å². The van der Waals surface area contributed by atoms with Crippen molar-refractivity contribution >= 4 is 46.2 Å². The number of H-pyrrole nitrogens is 1. The van der Waals surface area contributed by atoms with Crippen molar-refractivity contribution in [3.8, 4) is 0 Å². The first-order valence-electron chi connectivity index (χ1n) is 10.4. The number of benzene rings is 1. The van der Waals surface area contributed by atoms with Crippen LogP contribution >= 0.6 is 12.0 Å². The highest BCUT2D eigenvalue weighted by Crippen LogP contribution is 2.34. The summed E-state index contributed by atoms with van der Waals surface area (Å²) >= 11 is 1.03. The Hall–Kier alpha value is -2.60. The van der Waals surface area contributed by atoms with Crippen LogP contribution in [0.25, 0.3) is 11.0 Å². The van der Waals surface area contributed by atoms with Gasteiger partial charge in [-0.2, -0.15) is 19.4 Å². The second-order valence-corrected chi connectivity index (χ2v) is 8.54. The van der Waals surface area contributed by atoms with E-state index >= 15 is 0 Å². The average molecular weight is 443 g/mol. The highest BCUT2D eigenvalue weighted by molar-refractivity contribution is 7.94. The molecule has 2 aliphatic rings. The lowest BCUT2D eigenvalue weighted by Gasteiger charge is -2.34. The van der Waals surface area contributed by atoms with Gasteiger partial charge in [0.25, 0.3) is 0 Å². The molecule has 1 aromatic carbocycles. The first-order valence-corrected chi connectivity index (χ1v) is 11.1. The molecule has 2 fully saturated rings. The predicted molar refractivity (Wildman–Crippen MR) is 122 cm³/mol. The lowest BCUT2D eigenvalue weighted by atomic mass is 10.2. The van der Waals surface area contributed by atoms with Gasteiger partial charge in [-0.3, -0.25) is 5.10 Å². The molecule has 1 aliphatic carbocycles. The maximum Gasteiger partial charge on any atom is 0.231 e. The molecule has 31 heavy (non-hydrogen) atoms. The van der Waals surface area contributed by atoms with Gasteiger partial charge in [-0.1, -0.05) is 0 Å². The number of rotatable bonds is 8. The molecule has 1 saturated heterocycles. The van der Waals surface area contributed by atoms with E-state index in [4.69, 9.17) is 9.32 Å². The molecule has 0 unspecified atom stereocenters. The standard InChI is InChI=1S/C20H26N8O2S/c1-27-9-11-28(12-10-27)15-7-5-14(6-8-15)22-20-23-17(21-13-3-4-13)16-18(24-20)25-26-19(16)31-30-29-2/h5-8,13H,3-4,9-12H2,1-2H3,(H3,21,22,23,24,25,26). The highest BCUT2D eigenvalue weighted by Gasteiger charge is 2.25. The van der Waals surface area contributed by atoms with Crippen molar-refractivity contribution in [3.05, 3.63) is 24.3 Å². The summed E-state index contributed by atoms with van der Waals surface area (Å²) in [6, 6.07) is 8.85. The second kappa shape index (κ2) is 8.87. The Morgan fingerprint density at radius 1 is 1.10 bits per heavy atom. The summed E-state index contributed by atoms with van der Waals surface area (Å²) < 4.78 is 4.98. The van der Waals surface area contributed by atoms with Crippen molar-refractivity contribution in [1.82, 2.24) is 25.1 Å². The third-order valence-electron chi connectivity index (χ3n) is 5.48. The maximum absolute atomic E-state index is 4.98. The molecule has 0 spiro atoms. The molecule has 1 aliphatic heterocycles. The second-order valence-electron chi connectivity index (χ2n) is 7.85. The largest absolute Gasteiger partial charge is 0.369 e. The summed E-state index contributed by atoms with van der Waals surface area (Å²) in [5, 5.41) is 15.5. The normalized spacial score (nSPS) is 17.3. The number of nitrogens with zero attached hydrogens (tertiary/aromatic N) is 5. The number of aromatic nitrogens is 4. The molecule has 2 aromatic heterocycles. The summed E-state index contributed by atoms with van der Waals surface area (Å²) in [5.74, 6) is 1.25. The Balaban J connectivity index is 1.36. The Morgan fingerprint density at radius 3 is 2.58 bits per heavy atom. The Morgan fingerprint density at radius 2 is 1.87 bits per heavy atom. The average Bonchev–Trinajstić information content (AvgIpc) is 3.50. The van der Waals surface area contributed by atoms with Crippen molar-refractivity contribution in [2.45, 2.75) is 23.9 Å². The van der Waals surface area contributed by atoms with Gasteiger partial charge in [0.2, 0.25) is 5.95 Å². The van der Waals surface area contributed by atoms with E-state index in [-0.39, 0.29) is 0 Å². The third-order valence-corrected chi connectivity index (χ3v) is 6.13. The Labute approximate surface area is 184 Å². The first kappa shape index (κ1) is 20.3. The van der Waals surface area contributed by atoms with Crippen LogP contribution in [0.1, 0.15) is 12.8 Å². The number of aromatic amines is 1. The fraction of sp³-hybridized carbons (Fsp3) is 0.450. The summed E-state index contributed by atoms with van der Waals surface area (Å²) in [5.41, 5.74) is 2.81. The number of likely N-dealkylation sites (N-methyl/N-ethyl adjacent to an activating group) is 1. The van der Waals surface area contributed by atoms with Gasteiger partial charge in [0.05, 0.1) is 24.5 Å². The molecule has 3 aromatic rings. The zero-order chi connectivity index (χ0) is 21.2. The van der Waals surface area contributed by atoms with Gasteiger partial charge in [-0.25, -0.2) is 4.89 Å². The van der Waals surface area contributed by atoms with Crippen LogP contribution in [0.5, 0.6) is 0 Å². The molecule has 10 nitrogen and oxygen atoms in total. The van der Waals surface area contributed by atoms with Gasteiger partial charge in [0, 0.05) is 43.6 Å². The molecule has 0 amide bonds. The summed E-state index contributed by atoms with van der Waals surface area (Å²) in [6.45, 7) is 4.27. The Kier molecular flexibility index (Phi) is 5.81. The highest BCUT2D eigenvalue weighted by atomic mass is 32.2. The fourth-order valence-corrected chi connectivity index (χ4v) is 4.05. The summed E-state index contributed by atoms with van der Waals surface area (Å²) in [4.78, 5) is 18.8. The quantitative estimate of drug-likeness (QED) is 0.274. The van der Waals surface area contributed by atoms with Crippen LogP contribution in [0.15, 0.2) is 29.3 Å². The summed E-state index contributed by atoms with van der Waals surface area (Å²) in [6.07, 6.45) is 2.27. The number of anilines is 4. The van der Waals surface area contributed by atoms with E-state index in [0.717, 1.165) is 68.0 Å². The van der Waals surface area contributed by atoms with Crippen molar-refractivity contribution in [1.29, 1.82) is 0 Å². The minimum Gasteiger partial charge on any atom is -0.369 e. The van der Waals surface area contributed by atoms with Gasteiger partial charge in [-0.05, 0) is 44.2 Å². The molecule has 5 rings (SSSR count). The van der Waals surface area contributed by atoms with Crippen LogP contribution in [0, 0.1) is 0 Å². The fourth-order valence-electron chi connectivity index (χ4n) is 3.56. The van der Waals surface area contributed by atoms with E-state index < -0.39 is 0 Å². The zero-order valence-electron chi connectivity index (χ0n) is 17.6. The Bertz CT molecular complexity index is 1030.